The van der Waals surface area contributed by atoms with E-state index in [1.165, 1.54) is 59.7 Å². The molecule has 19 nitrogen and oxygen atoms in total. The number of furan rings is 6. The first-order valence-electron chi connectivity index (χ1n) is 39.7. The quantitative estimate of drug-likeness (QED) is 0.134. The molecule has 24 rings (SSSR count). The Balaban J connectivity index is 0.0000000999. The predicted octanol–water partition coefficient (Wildman–Crippen LogP) is 28.0. The summed E-state index contributed by atoms with van der Waals surface area (Å²) in [5, 5.41) is 12.6. The number of hydrogen-bond donors (Lipinski definition) is 0. The minimum Gasteiger partial charge on any atom is -0.496 e. The van der Waals surface area contributed by atoms with E-state index in [0.717, 1.165) is 137 Å². The Kier molecular flexibility index (Phi) is 21.9. The van der Waals surface area contributed by atoms with Gasteiger partial charge in [-0.15, -0.1) is 0 Å². The molecule has 12 aromatic heterocycles. The number of ether oxygens (including phenoxy) is 1. The summed E-state index contributed by atoms with van der Waals surface area (Å²) in [5.41, 5.74) is 19.1. The van der Waals surface area contributed by atoms with Crippen LogP contribution in [0.4, 0.5) is 4.39 Å². The molecule has 0 N–H and O–H groups in total. The fraction of sp³-hybridized carbons (Fsp3) is 0.0286. The Hall–Kier alpha value is -16.3. The molecule has 0 fully saturated rings. The minimum absolute atomic E-state index is 0.279. The highest BCUT2D eigenvalue weighted by molar-refractivity contribution is 6.42. The molecule has 0 aliphatic rings. The molecular weight excluding hydrogens is 1690 g/mol. The van der Waals surface area contributed by atoms with E-state index in [1.54, 1.807) is 142 Å². The molecule has 0 atom stereocenters. The third-order valence-electron chi connectivity index (χ3n) is 21.5. The average molecular weight is 1750 g/mol. The first-order valence-corrected chi connectivity index (χ1v) is 40.8. The predicted molar refractivity (Wildman–Crippen MR) is 497 cm³/mol. The fourth-order valence-corrected chi connectivity index (χ4v) is 15.6. The van der Waals surface area contributed by atoms with Crippen molar-refractivity contribution in [3.8, 4) is 72.5 Å². The van der Waals surface area contributed by atoms with Crippen molar-refractivity contribution in [2.45, 2.75) is 13.8 Å². The molecule has 0 radical (unpaired) electrons. The lowest BCUT2D eigenvalue weighted by atomic mass is 10.0. The van der Waals surface area contributed by atoms with Crippen LogP contribution < -0.4 is 38.5 Å². The Morgan fingerprint density at radius 2 is 0.539 bits per heavy atom. The number of hydrogen-bond acceptors (Lipinski definition) is 19. The standard InChI is InChI=1S/C18H12O4.2C18H12O3.C17H8Cl2O3.C17H9ClO3.C17H9FO3/c1-20-15-5-3-2-4-12(15)14-10-21-17-9-16-11(8-13(14)17)6-7-18(19)22-16;1-11-2-4-12(5-3-11)15-10-20-17-9-16-13(8-14(15)17)6-7-18(19)21-16;1-11-3-2-4-12(7-11)15-10-20-17-9-16-13(8-14(15)17)5-6-18(19)21-16;18-13-3-1-9(6-14(13)19)12-8-21-16-7-15-10(5-11(12)16)2-4-17(20)22-15;2*18-12-4-1-10(2-5-12)14-9-20-16-8-15-11(7-13(14)16)3-6-17(19)21-15/h2-10H,1H3;2*2-10H,1H3;1-8H;2*1-9H. The van der Waals surface area contributed by atoms with Crippen molar-refractivity contribution in [1.82, 2.24) is 0 Å². The largest absolute Gasteiger partial charge is 0.496 e. The van der Waals surface area contributed by atoms with Crippen LogP contribution in [0.3, 0.4) is 0 Å². The summed E-state index contributed by atoms with van der Waals surface area (Å²) in [4.78, 5) is 67.7. The number of methoxy groups -OCH3 is 1. The maximum Gasteiger partial charge on any atom is 0.336 e. The highest BCUT2D eigenvalue weighted by Crippen LogP contribution is 2.42. The summed E-state index contributed by atoms with van der Waals surface area (Å²) in [5.74, 6) is 0.503. The minimum atomic E-state index is -0.396. The van der Waals surface area contributed by atoms with Gasteiger partial charge < -0.3 is 57.7 Å². The van der Waals surface area contributed by atoms with Crippen LogP contribution in [0.25, 0.3) is 198 Å². The lowest BCUT2D eigenvalue weighted by Crippen LogP contribution is -1.93. The molecule has 0 unspecified atom stereocenters. The number of aryl methyl sites for hydroxylation is 2. The van der Waals surface area contributed by atoms with E-state index in [9.17, 15) is 33.2 Å². The molecule has 23 heteroatoms. The van der Waals surface area contributed by atoms with Gasteiger partial charge in [0.2, 0.25) is 0 Å². The van der Waals surface area contributed by atoms with Crippen molar-refractivity contribution in [3.63, 3.8) is 0 Å². The lowest BCUT2D eigenvalue weighted by molar-refractivity contribution is 0.416. The molecule has 12 heterocycles. The molecule has 0 saturated carbocycles. The molecule has 12 aromatic carbocycles. The van der Waals surface area contributed by atoms with E-state index in [0.29, 0.717) is 82.1 Å². The van der Waals surface area contributed by atoms with E-state index >= 15 is 0 Å². The Bertz CT molecular complexity index is 8410. The number of para-hydroxylation sites is 1. The van der Waals surface area contributed by atoms with Gasteiger partial charge in [-0.1, -0.05) is 143 Å². The Morgan fingerprint density at radius 1 is 0.242 bits per heavy atom. The van der Waals surface area contributed by atoms with Gasteiger partial charge in [0.05, 0.1) is 54.7 Å². The molecule has 128 heavy (non-hydrogen) atoms. The van der Waals surface area contributed by atoms with Gasteiger partial charge in [-0.05, 0) is 157 Å². The fourth-order valence-electron chi connectivity index (χ4n) is 15.2. The van der Waals surface area contributed by atoms with Crippen LogP contribution in [0.2, 0.25) is 15.1 Å². The maximum absolute atomic E-state index is 13.0. The average Bonchev–Trinajstić information content (AvgIpc) is 1.50. The molecule has 24 aromatic rings. The summed E-state index contributed by atoms with van der Waals surface area (Å²) in [6, 6.07) is 84.7. The summed E-state index contributed by atoms with van der Waals surface area (Å²) in [6.07, 6.45) is 10.2. The Morgan fingerprint density at radius 3 is 0.875 bits per heavy atom. The molecule has 0 saturated heterocycles. The van der Waals surface area contributed by atoms with Crippen LogP contribution in [0.15, 0.2) is 404 Å². The van der Waals surface area contributed by atoms with Gasteiger partial charge in [0.15, 0.2) is 0 Å². The molecule has 624 valence electrons. The maximum atomic E-state index is 13.0. The van der Waals surface area contributed by atoms with Gasteiger partial charge >= 0.3 is 33.8 Å². The summed E-state index contributed by atoms with van der Waals surface area (Å²) >= 11 is 18.0. The van der Waals surface area contributed by atoms with Gasteiger partial charge in [-0.3, -0.25) is 0 Å². The van der Waals surface area contributed by atoms with Crippen molar-refractivity contribution in [2.75, 3.05) is 7.11 Å². The van der Waals surface area contributed by atoms with Crippen molar-refractivity contribution < 1.29 is 62.1 Å². The topological polar surface area (TPSA) is 269 Å². The van der Waals surface area contributed by atoms with E-state index in [-0.39, 0.29) is 33.9 Å². The van der Waals surface area contributed by atoms with Crippen molar-refractivity contribution in [3.05, 3.63) is 417 Å². The van der Waals surface area contributed by atoms with Gasteiger partial charge in [0, 0.05) is 181 Å². The van der Waals surface area contributed by atoms with Gasteiger partial charge in [-0.2, -0.15) is 0 Å². The molecule has 0 aliphatic carbocycles. The van der Waals surface area contributed by atoms with Crippen LogP contribution >= 0.6 is 34.8 Å². The van der Waals surface area contributed by atoms with Crippen LogP contribution in [0.1, 0.15) is 11.1 Å². The molecule has 0 aliphatic heterocycles. The number of benzene rings is 12. The first kappa shape index (κ1) is 81.4. The van der Waals surface area contributed by atoms with Crippen LogP contribution in [0.5, 0.6) is 5.75 Å². The third kappa shape index (κ3) is 16.8. The monoisotopic (exact) mass is 1750 g/mol. The number of halogens is 4. The van der Waals surface area contributed by atoms with Crippen molar-refractivity contribution >= 4 is 166 Å². The molecular formula is C105H62Cl3FO19. The highest BCUT2D eigenvalue weighted by Gasteiger charge is 2.20. The first-order chi connectivity index (χ1) is 62.2. The second-order valence-electron chi connectivity index (χ2n) is 29.8. The van der Waals surface area contributed by atoms with Gasteiger partial charge in [-0.25, -0.2) is 33.2 Å². The number of rotatable bonds is 7. The van der Waals surface area contributed by atoms with E-state index in [2.05, 4.69) is 56.3 Å². The summed E-state index contributed by atoms with van der Waals surface area (Å²) in [6.45, 7) is 4.13. The van der Waals surface area contributed by atoms with E-state index in [1.807, 2.05) is 97.1 Å². The van der Waals surface area contributed by atoms with Crippen LogP contribution in [0, 0.1) is 19.7 Å². The zero-order chi connectivity index (χ0) is 88.0. The van der Waals surface area contributed by atoms with E-state index in [4.69, 9.17) is 92.5 Å². The van der Waals surface area contributed by atoms with Crippen molar-refractivity contribution in [1.29, 1.82) is 0 Å². The SMILES string of the molecule is COc1ccccc1-c1coc2cc3oc(=O)ccc3cc12.Cc1ccc(-c2coc3cc4oc(=O)ccc4cc23)cc1.Cc1cccc(-c2coc3cc4oc(=O)ccc4cc23)c1.O=c1ccc2cc3c(-c4ccc(Cl)c(Cl)c4)coc3cc2o1.O=c1ccc2cc3c(-c4ccc(Cl)cc4)coc3cc2o1.O=c1ccc2cc3c(-c4ccc(F)cc4)coc3cc2o1. The van der Waals surface area contributed by atoms with Gasteiger partial charge in [0.1, 0.15) is 78.6 Å². The third-order valence-corrected chi connectivity index (χ3v) is 22.5. The number of fused-ring (bicyclic) bond motifs is 12. The van der Waals surface area contributed by atoms with Crippen molar-refractivity contribution in [2.24, 2.45) is 0 Å². The molecule has 0 bridgehead atoms. The normalized spacial score (nSPS) is 11.3. The molecule has 0 amide bonds. The highest BCUT2D eigenvalue weighted by atomic mass is 35.5. The summed E-state index contributed by atoms with van der Waals surface area (Å²) < 4.78 is 83.1. The van der Waals surface area contributed by atoms with Gasteiger partial charge in [0.25, 0.3) is 0 Å². The summed E-state index contributed by atoms with van der Waals surface area (Å²) in [7, 11) is 1.64. The van der Waals surface area contributed by atoms with Crippen LogP contribution in [-0.4, -0.2) is 7.11 Å². The van der Waals surface area contributed by atoms with E-state index < -0.39 is 5.63 Å². The molecule has 0 spiro atoms. The second kappa shape index (κ2) is 34.5. The Labute approximate surface area is 734 Å². The lowest BCUT2D eigenvalue weighted by Gasteiger charge is -2.06. The second-order valence-corrected chi connectivity index (χ2v) is 31.1. The van der Waals surface area contributed by atoms with Crippen LogP contribution in [-0.2, 0) is 0 Å². The smallest absolute Gasteiger partial charge is 0.336 e. The zero-order valence-electron chi connectivity index (χ0n) is 67.4. The zero-order valence-corrected chi connectivity index (χ0v) is 69.6.